The molecule has 100 valence electrons. The SMILES string of the molecule is CCOc1nc(NC)nc(Nc2ccc(I)cc2)n1. The average molecular weight is 371 g/mol. The van der Waals surface area contributed by atoms with Gasteiger partial charge in [0.1, 0.15) is 0 Å². The van der Waals surface area contributed by atoms with Crippen LogP contribution in [0, 0.1) is 3.57 Å². The molecule has 0 atom stereocenters. The summed E-state index contributed by atoms with van der Waals surface area (Å²) in [5.41, 5.74) is 0.913. The van der Waals surface area contributed by atoms with Crippen LogP contribution in [-0.2, 0) is 0 Å². The molecule has 1 heterocycles. The van der Waals surface area contributed by atoms with E-state index in [4.69, 9.17) is 4.74 Å². The normalized spacial score (nSPS) is 10.1. The van der Waals surface area contributed by atoms with E-state index in [0.717, 1.165) is 5.69 Å². The smallest absolute Gasteiger partial charge is 0.323 e. The van der Waals surface area contributed by atoms with Crippen LogP contribution in [0.25, 0.3) is 0 Å². The number of aromatic nitrogens is 3. The van der Waals surface area contributed by atoms with Gasteiger partial charge in [-0.3, -0.25) is 0 Å². The minimum atomic E-state index is 0.301. The lowest BCUT2D eigenvalue weighted by atomic mass is 10.3. The van der Waals surface area contributed by atoms with Gasteiger partial charge in [-0.2, -0.15) is 15.0 Å². The van der Waals surface area contributed by atoms with Crippen LogP contribution in [0.5, 0.6) is 6.01 Å². The fourth-order valence-electron chi connectivity index (χ4n) is 1.38. The van der Waals surface area contributed by atoms with Crippen LogP contribution in [-0.4, -0.2) is 28.6 Å². The van der Waals surface area contributed by atoms with Gasteiger partial charge >= 0.3 is 6.01 Å². The summed E-state index contributed by atoms with van der Waals surface area (Å²) >= 11 is 2.26. The molecule has 1 aromatic carbocycles. The molecule has 7 heteroatoms. The number of hydrogen-bond donors (Lipinski definition) is 2. The van der Waals surface area contributed by atoms with E-state index in [1.54, 1.807) is 7.05 Å². The minimum Gasteiger partial charge on any atom is -0.464 e. The maximum Gasteiger partial charge on any atom is 0.323 e. The molecule has 0 aliphatic heterocycles. The number of nitrogens with zero attached hydrogens (tertiary/aromatic N) is 3. The molecule has 0 spiro atoms. The van der Waals surface area contributed by atoms with E-state index in [1.165, 1.54) is 3.57 Å². The highest BCUT2D eigenvalue weighted by atomic mass is 127. The van der Waals surface area contributed by atoms with Crippen molar-refractivity contribution < 1.29 is 4.74 Å². The Balaban J connectivity index is 2.23. The van der Waals surface area contributed by atoms with Crippen LogP contribution in [0.3, 0.4) is 0 Å². The van der Waals surface area contributed by atoms with Crippen LogP contribution in [0.2, 0.25) is 0 Å². The van der Waals surface area contributed by atoms with Crippen LogP contribution >= 0.6 is 22.6 Å². The molecule has 0 aliphatic carbocycles. The molecule has 0 aliphatic rings. The number of hydrogen-bond acceptors (Lipinski definition) is 6. The third-order valence-corrected chi connectivity index (χ3v) is 2.93. The zero-order valence-electron chi connectivity index (χ0n) is 10.6. The Hall–Kier alpha value is -1.64. The molecule has 6 nitrogen and oxygen atoms in total. The first kappa shape index (κ1) is 13.8. The third kappa shape index (κ3) is 3.91. The summed E-state index contributed by atoms with van der Waals surface area (Å²) in [5, 5.41) is 6.00. The van der Waals surface area contributed by atoms with E-state index in [-0.39, 0.29) is 0 Å². The summed E-state index contributed by atoms with van der Waals surface area (Å²) in [6, 6.07) is 8.24. The summed E-state index contributed by atoms with van der Waals surface area (Å²) in [6.07, 6.45) is 0. The van der Waals surface area contributed by atoms with Crippen molar-refractivity contribution in [3.05, 3.63) is 27.8 Å². The standard InChI is InChI=1S/C12H14IN5O/c1-3-19-12-17-10(14-2)16-11(18-12)15-9-6-4-8(13)5-7-9/h4-7H,3H2,1-2H3,(H2,14,15,16,17,18). The van der Waals surface area contributed by atoms with Crippen molar-refractivity contribution in [3.8, 4) is 6.01 Å². The van der Waals surface area contributed by atoms with E-state index in [2.05, 4.69) is 48.2 Å². The second-order valence-electron chi connectivity index (χ2n) is 3.58. The molecular weight excluding hydrogens is 357 g/mol. The number of benzene rings is 1. The quantitative estimate of drug-likeness (QED) is 0.788. The molecule has 0 radical (unpaired) electrons. The van der Waals surface area contributed by atoms with Gasteiger partial charge in [-0.15, -0.1) is 0 Å². The van der Waals surface area contributed by atoms with E-state index in [0.29, 0.717) is 24.5 Å². The first-order valence-corrected chi connectivity index (χ1v) is 6.88. The van der Waals surface area contributed by atoms with Gasteiger partial charge in [0.05, 0.1) is 6.61 Å². The molecule has 0 bridgehead atoms. The Morgan fingerprint density at radius 3 is 2.42 bits per heavy atom. The minimum absolute atomic E-state index is 0.301. The van der Waals surface area contributed by atoms with Gasteiger partial charge in [0.15, 0.2) is 0 Å². The summed E-state index contributed by atoms with van der Waals surface area (Å²) in [7, 11) is 1.75. The van der Waals surface area contributed by atoms with Crippen molar-refractivity contribution in [1.82, 2.24) is 15.0 Å². The lowest BCUT2D eigenvalue weighted by molar-refractivity contribution is 0.312. The number of ether oxygens (including phenoxy) is 1. The van der Waals surface area contributed by atoms with Crippen LogP contribution < -0.4 is 15.4 Å². The maximum atomic E-state index is 5.30. The van der Waals surface area contributed by atoms with Crippen LogP contribution in [0.15, 0.2) is 24.3 Å². The molecule has 1 aromatic heterocycles. The number of rotatable bonds is 5. The molecule has 0 fully saturated rings. The molecule has 19 heavy (non-hydrogen) atoms. The van der Waals surface area contributed by atoms with Crippen LogP contribution in [0.1, 0.15) is 6.92 Å². The van der Waals surface area contributed by atoms with E-state index in [1.807, 2.05) is 31.2 Å². The molecular formula is C12H14IN5O. The Bertz CT molecular complexity index is 546. The second-order valence-corrected chi connectivity index (χ2v) is 4.83. The predicted molar refractivity (Wildman–Crippen MR) is 83.0 cm³/mol. The van der Waals surface area contributed by atoms with E-state index < -0.39 is 0 Å². The van der Waals surface area contributed by atoms with Gasteiger partial charge in [-0.05, 0) is 53.8 Å². The molecule has 0 amide bonds. The predicted octanol–water partition coefficient (Wildman–Crippen LogP) is 2.66. The lowest BCUT2D eigenvalue weighted by Gasteiger charge is -2.08. The van der Waals surface area contributed by atoms with Gasteiger partial charge in [0.25, 0.3) is 0 Å². The monoisotopic (exact) mass is 371 g/mol. The topological polar surface area (TPSA) is 72.0 Å². The zero-order valence-corrected chi connectivity index (χ0v) is 12.8. The summed E-state index contributed by atoms with van der Waals surface area (Å²) in [5.74, 6) is 0.912. The summed E-state index contributed by atoms with van der Waals surface area (Å²) < 4.78 is 6.47. The highest BCUT2D eigenvalue weighted by molar-refractivity contribution is 14.1. The lowest BCUT2D eigenvalue weighted by Crippen LogP contribution is -2.06. The molecule has 2 rings (SSSR count). The van der Waals surface area contributed by atoms with Gasteiger partial charge < -0.3 is 15.4 Å². The molecule has 2 N–H and O–H groups in total. The highest BCUT2D eigenvalue weighted by Crippen LogP contribution is 2.17. The van der Waals surface area contributed by atoms with Crippen molar-refractivity contribution in [2.24, 2.45) is 0 Å². The van der Waals surface area contributed by atoms with E-state index in [9.17, 15) is 0 Å². The summed E-state index contributed by atoms with van der Waals surface area (Å²) in [6.45, 7) is 2.39. The van der Waals surface area contributed by atoms with Crippen molar-refractivity contribution in [2.75, 3.05) is 24.3 Å². The number of halogens is 1. The second kappa shape index (κ2) is 6.50. The largest absolute Gasteiger partial charge is 0.464 e. The molecule has 0 unspecified atom stereocenters. The van der Waals surface area contributed by atoms with Gasteiger partial charge in [-0.1, -0.05) is 0 Å². The van der Waals surface area contributed by atoms with Gasteiger partial charge in [0.2, 0.25) is 11.9 Å². The third-order valence-electron chi connectivity index (χ3n) is 2.21. The maximum absolute atomic E-state index is 5.30. The Morgan fingerprint density at radius 2 is 1.79 bits per heavy atom. The Kier molecular flexibility index (Phi) is 4.72. The van der Waals surface area contributed by atoms with E-state index >= 15 is 0 Å². The highest BCUT2D eigenvalue weighted by Gasteiger charge is 2.06. The van der Waals surface area contributed by atoms with Gasteiger partial charge in [0, 0.05) is 16.3 Å². The Morgan fingerprint density at radius 1 is 1.11 bits per heavy atom. The van der Waals surface area contributed by atoms with Crippen molar-refractivity contribution in [3.63, 3.8) is 0 Å². The van der Waals surface area contributed by atoms with Gasteiger partial charge in [-0.25, -0.2) is 0 Å². The fraction of sp³-hybridized carbons (Fsp3) is 0.250. The number of nitrogens with one attached hydrogen (secondary N) is 2. The molecule has 2 aromatic rings. The molecule has 0 saturated heterocycles. The van der Waals surface area contributed by atoms with Crippen LogP contribution in [0.4, 0.5) is 17.6 Å². The zero-order chi connectivity index (χ0) is 13.7. The fourth-order valence-corrected chi connectivity index (χ4v) is 1.74. The number of anilines is 3. The Labute approximate surface area is 125 Å². The average Bonchev–Trinajstić information content (AvgIpc) is 2.41. The van der Waals surface area contributed by atoms with Crippen molar-refractivity contribution >= 4 is 40.2 Å². The first-order valence-electron chi connectivity index (χ1n) is 5.80. The summed E-state index contributed by atoms with van der Waals surface area (Å²) in [4.78, 5) is 12.5. The first-order chi connectivity index (χ1) is 9.21. The van der Waals surface area contributed by atoms with Crippen molar-refractivity contribution in [1.29, 1.82) is 0 Å². The molecule has 0 saturated carbocycles. The van der Waals surface area contributed by atoms with Crippen molar-refractivity contribution in [2.45, 2.75) is 6.92 Å².